The summed E-state index contributed by atoms with van der Waals surface area (Å²) in [6.07, 6.45) is 1.09. The molecule has 0 bridgehead atoms. The molecule has 0 saturated carbocycles. The number of carbonyl (C=O) groups excluding carboxylic acids is 1. The number of para-hydroxylation sites is 1. The van der Waals surface area contributed by atoms with Crippen LogP contribution in [0.1, 0.15) is 5.56 Å². The van der Waals surface area contributed by atoms with Gasteiger partial charge in [0.25, 0.3) is 0 Å². The molecule has 1 heterocycles. The van der Waals surface area contributed by atoms with Gasteiger partial charge in [-0.3, -0.25) is 14.1 Å². The monoisotopic (exact) mass is 327 g/mol. The molecule has 0 atom stereocenters. The maximum Gasteiger partial charge on any atom is 0.246 e. The van der Waals surface area contributed by atoms with Gasteiger partial charge in [0, 0.05) is 5.75 Å². The first-order valence-corrected chi connectivity index (χ1v) is 9.22. The third-order valence-corrected chi connectivity index (χ3v) is 4.92. The lowest BCUT2D eigenvalue weighted by molar-refractivity contribution is -0.118. The number of benzene rings is 1. The van der Waals surface area contributed by atoms with Crippen LogP contribution in [0.15, 0.2) is 29.3 Å². The summed E-state index contributed by atoms with van der Waals surface area (Å²) in [4.78, 5) is 16.1. The Morgan fingerprint density at radius 1 is 1.43 bits per heavy atom. The molecule has 0 unspecified atom stereocenters. The van der Waals surface area contributed by atoms with Gasteiger partial charge in [0.05, 0.1) is 18.5 Å². The SMILES string of the molecule is Cc1ccccc1N(CC(=O)NC1=NCCS1)S(C)(=O)=O. The van der Waals surface area contributed by atoms with Crippen LogP contribution in [0.25, 0.3) is 0 Å². The summed E-state index contributed by atoms with van der Waals surface area (Å²) in [6.45, 7) is 2.22. The van der Waals surface area contributed by atoms with Gasteiger partial charge in [-0.2, -0.15) is 0 Å². The van der Waals surface area contributed by atoms with Gasteiger partial charge in [-0.1, -0.05) is 30.0 Å². The van der Waals surface area contributed by atoms with Gasteiger partial charge in [0.2, 0.25) is 15.9 Å². The van der Waals surface area contributed by atoms with E-state index in [4.69, 9.17) is 0 Å². The van der Waals surface area contributed by atoms with E-state index in [0.29, 0.717) is 17.4 Å². The number of thioether (sulfide) groups is 1. The second kappa shape index (κ2) is 6.48. The van der Waals surface area contributed by atoms with Crippen LogP contribution in [0.4, 0.5) is 5.69 Å². The van der Waals surface area contributed by atoms with Gasteiger partial charge in [0.1, 0.15) is 6.54 Å². The smallest absolute Gasteiger partial charge is 0.246 e. The van der Waals surface area contributed by atoms with Crippen molar-refractivity contribution in [1.29, 1.82) is 0 Å². The Balaban J connectivity index is 2.18. The first-order chi connectivity index (χ1) is 9.88. The third kappa shape index (κ3) is 4.21. The molecular formula is C13H17N3O3S2. The molecule has 0 aliphatic carbocycles. The number of sulfonamides is 1. The second-order valence-electron chi connectivity index (χ2n) is 4.64. The highest BCUT2D eigenvalue weighted by molar-refractivity contribution is 8.14. The molecule has 1 aliphatic heterocycles. The molecule has 1 aromatic rings. The van der Waals surface area contributed by atoms with Crippen LogP contribution in [-0.2, 0) is 14.8 Å². The first-order valence-electron chi connectivity index (χ1n) is 6.38. The van der Waals surface area contributed by atoms with E-state index in [0.717, 1.165) is 21.9 Å². The van der Waals surface area contributed by atoms with Crippen LogP contribution in [0.5, 0.6) is 0 Å². The first kappa shape index (κ1) is 15.8. The van der Waals surface area contributed by atoms with Gasteiger partial charge in [-0.05, 0) is 18.6 Å². The Kier molecular flexibility index (Phi) is 4.89. The molecule has 1 aliphatic rings. The number of hydrogen-bond donors (Lipinski definition) is 1. The highest BCUT2D eigenvalue weighted by Crippen LogP contribution is 2.21. The van der Waals surface area contributed by atoms with Crippen LogP contribution >= 0.6 is 11.8 Å². The fraction of sp³-hybridized carbons (Fsp3) is 0.385. The lowest BCUT2D eigenvalue weighted by Gasteiger charge is -2.23. The van der Waals surface area contributed by atoms with E-state index in [-0.39, 0.29) is 6.54 Å². The van der Waals surface area contributed by atoms with Crippen LogP contribution in [0, 0.1) is 6.92 Å². The molecule has 1 aromatic carbocycles. The number of aryl methyl sites for hydroxylation is 1. The Morgan fingerprint density at radius 2 is 2.14 bits per heavy atom. The van der Waals surface area contributed by atoms with E-state index >= 15 is 0 Å². The van der Waals surface area contributed by atoms with Crippen LogP contribution in [-0.4, -0.2) is 44.6 Å². The van der Waals surface area contributed by atoms with Crippen molar-refractivity contribution in [3.63, 3.8) is 0 Å². The van der Waals surface area contributed by atoms with E-state index in [1.165, 1.54) is 11.8 Å². The molecule has 21 heavy (non-hydrogen) atoms. The number of anilines is 1. The van der Waals surface area contributed by atoms with Crippen molar-refractivity contribution in [3.05, 3.63) is 29.8 Å². The standard InChI is InChI=1S/C13H17N3O3S2/c1-10-5-3-4-6-11(10)16(21(2,18)19)9-12(17)15-13-14-7-8-20-13/h3-6H,7-9H2,1-2H3,(H,14,15,17). The molecule has 2 rings (SSSR count). The Hall–Kier alpha value is -1.54. The minimum Gasteiger partial charge on any atom is -0.304 e. The average Bonchev–Trinajstić information content (AvgIpc) is 2.88. The molecule has 114 valence electrons. The molecule has 0 aromatic heterocycles. The van der Waals surface area contributed by atoms with Crippen molar-refractivity contribution in [2.24, 2.45) is 4.99 Å². The van der Waals surface area contributed by atoms with Gasteiger partial charge < -0.3 is 5.32 Å². The van der Waals surface area contributed by atoms with Crippen LogP contribution < -0.4 is 9.62 Å². The maximum atomic E-state index is 12.0. The minimum absolute atomic E-state index is 0.261. The summed E-state index contributed by atoms with van der Waals surface area (Å²) in [5, 5.41) is 3.19. The van der Waals surface area contributed by atoms with Crippen molar-refractivity contribution < 1.29 is 13.2 Å². The number of nitrogens with one attached hydrogen (secondary N) is 1. The van der Waals surface area contributed by atoms with Gasteiger partial charge in [-0.15, -0.1) is 0 Å². The molecule has 0 saturated heterocycles. The lowest BCUT2D eigenvalue weighted by atomic mass is 10.2. The minimum atomic E-state index is -3.54. The topological polar surface area (TPSA) is 78.8 Å². The van der Waals surface area contributed by atoms with Gasteiger partial charge in [-0.25, -0.2) is 8.42 Å². The van der Waals surface area contributed by atoms with Crippen molar-refractivity contribution in [2.75, 3.05) is 29.4 Å². The summed E-state index contributed by atoms with van der Waals surface area (Å²) in [5.41, 5.74) is 1.31. The number of amides is 1. The van der Waals surface area contributed by atoms with E-state index < -0.39 is 15.9 Å². The maximum absolute atomic E-state index is 12.0. The number of amidine groups is 1. The highest BCUT2D eigenvalue weighted by atomic mass is 32.2. The zero-order chi connectivity index (χ0) is 15.5. The average molecular weight is 327 g/mol. The molecule has 8 heteroatoms. The fourth-order valence-corrected chi connectivity index (χ4v) is 3.58. The molecule has 0 spiro atoms. The molecule has 0 fully saturated rings. The zero-order valence-corrected chi connectivity index (χ0v) is 13.5. The van der Waals surface area contributed by atoms with Gasteiger partial charge in [0.15, 0.2) is 5.17 Å². The van der Waals surface area contributed by atoms with Crippen molar-refractivity contribution in [3.8, 4) is 0 Å². The van der Waals surface area contributed by atoms with Crippen molar-refractivity contribution in [2.45, 2.75) is 6.92 Å². The second-order valence-corrected chi connectivity index (χ2v) is 7.63. The summed E-state index contributed by atoms with van der Waals surface area (Å²) >= 11 is 1.45. The molecule has 1 amide bonds. The summed E-state index contributed by atoms with van der Waals surface area (Å²) < 4.78 is 25.0. The van der Waals surface area contributed by atoms with Crippen LogP contribution in [0.3, 0.4) is 0 Å². The Bertz CT molecular complexity index is 671. The number of nitrogens with zero attached hydrogens (tertiary/aromatic N) is 2. The lowest BCUT2D eigenvalue weighted by Crippen LogP contribution is -2.41. The molecule has 0 radical (unpaired) electrons. The largest absolute Gasteiger partial charge is 0.304 e. The fourth-order valence-electron chi connectivity index (χ4n) is 1.92. The number of aliphatic imine (C=N–C) groups is 1. The van der Waals surface area contributed by atoms with Crippen LogP contribution in [0.2, 0.25) is 0 Å². The summed E-state index contributed by atoms with van der Waals surface area (Å²) in [7, 11) is -3.54. The van der Waals surface area contributed by atoms with E-state index in [1.54, 1.807) is 12.1 Å². The quantitative estimate of drug-likeness (QED) is 0.894. The summed E-state index contributed by atoms with van der Waals surface area (Å²) in [5.74, 6) is 0.445. The zero-order valence-electron chi connectivity index (χ0n) is 11.9. The Labute approximate surface area is 128 Å². The van der Waals surface area contributed by atoms with E-state index in [9.17, 15) is 13.2 Å². The van der Waals surface area contributed by atoms with Crippen molar-refractivity contribution in [1.82, 2.24) is 5.32 Å². The molecule has 1 N–H and O–H groups in total. The van der Waals surface area contributed by atoms with Crippen molar-refractivity contribution >= 4 is 38.5 Å². The predicted octanol–water partition coefficient (Wildman–Crippen LogP) is 0.980. The molecule has 6 nitrogen and oxygen atoms in total. The Morgan fingerprint density at radius 3 is 2.71 bits per heavy atom. The van der Waals surface area contributed by atoms with E-state index in [1.807, 2.05) is 19.1 Å². The molecular weight excluding hydrogens is 310 g/mol. The predicted molar refractivity (Wildman–Crippen MR) is 86.3 cm³/mol. The van der Waals surface area contributed by atoms with Gasteiger partial charge >= 0.3 is 0 Å². The highest BCUT2D eigenvalue weighted by Gasteiger charge is 2.23. The third-order valence-electron chi connectivity index (χ3n) is 2.90. The number of hydrogen-bond acceptors (Lipinski definition) is 5. The normalized spacial score (nSPS) is 14.7. The number of rotatable bonds is 4. The summed E-state index contributed by atoms with van der Waals surface area (Å²) in [6, 6.07) is 7.06. The van der Waals surface area contributed by atoms with E-state index in [2.05, 4.69) is 10.3 Å². The number of carbonyl (C=O) groups is 1.